The predicted molar refractivity (Wildman–Crippen MR) is 130 cm³/mol. The molecule has 9 nitrogen and oxygen atoms in total. The van der Waals surface area contributed by atoms with Crippen LogP contribution in [0.3, 0.4) is 0 Å². The van der Waals surface area contributed by atoms with Crippen molar-refractivity contribution in [2.75, 3.05) is 48.4 Å². The largest absolute Gasteiger partial charge is 0.495 e. The fourth-order valence-electron chi connectivity index (χ4n) is 3.61. The summed E-state index contributed by atoms with van der Waals surface area (Å²) in [6.45, 7) is 3.93. The van der Waals surface area contributed by atoms with Gasteiger partial charge in [-0.15, -0.1) is 0 Å². The third-order valence-corrected chi connectivity index (χ3v) is 6.78. The minimum absolute atomic E-state index is 0.0418. The van der Waals surface area contributed by atoms with Gasteiger partial charge in [0, 0.05) is 30.7 Å². The number of carbonyl (C=O) groups excluding carboxylic acids is 1. The molecule has 1 aliphatic heterocycles. The maximum atomic E-state index is 13.5. The SMILES string of the molecule is COc1ccccc1NS(=O)(=O)c1cc(NC(=O)c2ccc(C)nc2)ccc1N1CCOCC1. The number of anilines is 3. The van der Waals surface area contributed by atoms with Crippen molar-refractivity contribution in [3.63, 3.8) is 0 Å². The number of benzene rings is 2. The molecule has 3 aromatic rings. The van der Waals surface area contributed by atoms with Crippen LogP contribution in [0, 0.1) is 6.92 Å². The van der Waals surface area contributed by atoms with E-state index in [0.717, 1.165) is 5.69 Å². The number of aromatic nitrogens is 1. The van der Waals surface area contributed by atoms with Gasteiger partial charge in [-0.2, -0.15) is 0 Å². The lowest BCUT2D eigenvalue weighted by Crippen LogP contribution is -2.37. The molecule has 0 unspecified atom stereocenters. The quantitative estimate of drug-likeness (QED) is 0.532. The zero-order valence-corrected chi connectivity index (χ0v) is 19.8. The van der Waals surface area contributed by atoms with Crippen molar-refractivity contribution in [2.24, 2.45) is 0 Å². The lowest BCUT2D eigenvalue weighted by molar-refractivity contribution is 0.102. The molecule has 1 aliphatic rings. The summed E-state index contributed by atoms with van der Waals surface area (Å²) in [7, 11) is -2.56. The highest BCUT2D eigenvalue weighted by molar-refractivity contribution is 7.93. The normalized spacial score (nSPS) is 13.9. The highest BCUT2D eigenvalue weighted by atomic mass is 32.2. The van der Waals surface area contributed by atoms with E-state index in [1.165, 1.54) is 19.4 Å². The summed E-state index contributed by atoms with van der Waals surface area (Å²) < 4.78 is 40.4. The average molecular weight is 483 g/mol. The molecular weight excluding hydrogens is 456 g/mol. The van der Waals surface area contributed by atoms with E-state index in [-0.39, 0.29) is 10.8 Å². The van der Waals surface area contributed by atoms with Crippen LogP contribution in [0.25, 0.3) is 0 Å². The number of rotatable bonds is 7. The highest BCUT2D eigenvalue weighted by Gasteiger charge is 2.25. The molecule has 2 heterocycles. The van der Waals surface area contributed by atoms with Crippen molar-refractivity contribution < 1.29 is 22.7 Å². The Morgan fingerprint density at radius 1 is 1.09 bits per heavy atom. The maximum Gasteiger partial charge on any atom is 0.264 e. The van der Waals surface area contributed by atoms with Crippen LogP contribution in [0.15, 0.2) is 65.7 Å². The molecule has 1 saturated heterocycles. The number of nitrogens with zero attached hydrogens (tertiary/aromatic N) is 2. The number of hydrogen-bond acceptors (Lipinski definition) is 7. The topological polar surface area (TPSA) is 110 Å². The van der Waals surface area contributed by atoms with Crippen LogP contribution in [0.2, 0.25) is 0 Å². The summed E-state index contributed by atoms with van der Waals surface area (Å²) in [4.78, 5) is 18.8. The summed E-state index contributed by atoms with van der Waals surface area (Å²) in [5, 5.41) is 2.77. The monoisotopic (exact) mass is 482 g/mol. The average Bonchev–Trinajstić information content (AvgIpc) is 2.85. The van der Waals surface area contributed by atoms with Gasteiger partial charge in [-0.25, -0.2) is 8.42 Å². The van der Waals surface area contributed by atoms with Gasteiger partial charge >= 0.3 is 0 Å². The minimum atomic E-state index is -4.03. The Bertz CT molecular complexity index is 1270. The van der Waals surface area contributed by atoms with Crippen LogP contribution in [0.1, 0.15) is 16.1 Å². The van der Waals surface area contributed by atoms with Gasteiger partial charge in [0.05, 0.1) is 37.3 Å². The van der Waals surface area contributed by atoms with Crippen LogP contribution in [-0.2, 0) is 14.8 Å². The second-order valence-corrected chi connectivity index (χ2v) is 9.38. The van der Waals surface area contributed by atoms with Crippen LogP contribution in [0.5, 0.6) is 5.75 Å². The van der Waals surface area contributed by atoms with Crippen LogP contribution in [-0.4, -0.2) is 52.7 Å². The number of aryl methyl sites for hydroxylation is 1. The highest BCUT2D eigenvalue weighted by Crippen LogP contribution is 2.33. The number of carbonyl (C=O) groups is 1. The van der Waals surface area contributed by atoms with Crippen LogP contribution in [0.4, 0.5) is 17.1 Å². The number of morpholine rings is 1. The van der Waals surface area contributed by atoms with Crippen LogP contribution < -0.4 is 19.7 Å². The lowest BCUT2D eigenvalue weighted by atomic mass is 10.2. The molecule has 0 spiro atoms. The minimum Gasteiger partial charge on any atom is -0.495 e. The van der Waals surface area contributed by atoms with Gasteiger partial charge in [0.2, 0.25) is 0 Å². The summed E-state index contributed by atoms with van der Waals surface area (Å²) in [5.41, 5.74) is 2.36. The van der Waals surface area contributed by atoms with E-state index in [1.807, 2.05) is 11.8 Å². The summed E-state index contributed by atoms with van der Waals surface area (Å²) in [5.74, 6) is 0.0167. The molecule has 1 fully saturated rings. The number of pyridine rings is 1. The zero-order chi connectivity index (χ0) is 24.1. The summed E-state index contributed by atoms with van der Waals surface area (Å²) >= 11 is 0. The molecule has 34 heavy (non-hydrogen) atoms. The van der Waals surface area contributed by atoms with Gasteiger partial charge < -0.3 is 19.7 Å². The number of ether oxygens (including phenoxy) is 2. The summed E-state index contributed by atoms with van der Waals surface area (Å²) in [6, 6.07) is 15.0. The molecular formula is C24H26N4O5S. The van der Waals surface area contributed by atoms with Crippen molar-refractivity contribution in [1.82, 2.24) is 4.98 Å². The Balaban J connectivity index is 1.70. The zero-order valence-electron chi connectivity index (χ0n) is 18.9. The first-order valence-electron chi connectivity index (χ1n) is 10.7. The molecule has 1 aromatic heterocycles. The first-order chi connectivity index (χ1) is 16.4. The Hall–Kier alpha value is -3.63. The lowest BCUT2D eigenvalue weighted by Gasteiger charge is -2.30. The fourth-order valence-corrected chi connectivity index (χ4v) is 4.93. The Morgan fingerprint density at radius 3 is 2.56 bits per heavy atom. The van der Waals surface area contributed by atoms with Crippen molar-refractivity contribution in [1.29, 1.82) is 0 Å². The molecule has 0 atom stereocenters. The number of methoxy groups -OCH3 is 1. The number of sulfonamides is 1. The number of nitrogens with one attached hydrogen (secondary N) is 2. The summed E-state index contributed by atoms with van der Waals surface area (Å²) in [6.07, 6.45) is 1.48. The molecule has 1 amide bonds. The number of amides is 1. The van der Waals surface area contributed by atoms with E-state index in [0.29, 0.717) is 54.7 Å². The third-order valence-electron chi connectivity index (χ3n) is 5.38. The van der Waals surface area contributed by atoms with Crippen molar-refractivity contribution >= 4 is 33.0 Å². The molecule has 2 N–H and O–H groups in total. The van der Waals surface area contributed by atoms with E-state index >= 15 is 0 Å². The molecule has 10 heteroatoms. The van der Waals surface area contributed by atoms with E-state index in [2.05, 4.69) is 15.0 Å². The second-order valence-electron chi connectivity index (χ2n) is 7.73. The van der Waals surface area contributed by atoms with Gasteiger partial charge in [-0.05, 0) is 49.4 Å². The first kappa shape index (κ1) is 23.5. The maximum absolute atomic E-state index is 13.5. The molecule has 4 rings (SSSR count). The van der Waals surface area contributed by atoms with Crippen molar-refractivity contribution in [3.05, 3.63) is 72.1 Å². The standard InChI is InChI=1S/C24H26N4O5S/c1-17-7-8-18(16-25-17)24(29)26-19-9-10-21(28-11-13-33-14-12-28)23(15-19)34(30,31)27-20-5-3-4-6-22(20)32-2/h3-10,15-16,27H,11-14H2,1-2H3,(H,26,29). The smallest absolute Gasteiger partial charge is 0.264 e. The molecule has 0 radical (unpaired) electrons. The Labute approximate surface area is 198 Å². The van der Waals surface area contributed by atoms with E-state index in [9.17, 15) is 13.2 Å². The van der Waals surface area contributed by atoms with Gasteiger partial charge in [0.15, 0.2) is 0 Å². The molecule has 2 aromatic carbocycles. The van der Waals surface area contributed by atoms with Crippen molar-refractivity contribution in [3.8, 4) is 5.75 Å². The van der Waals surface area contributed by atoms with Crippen LogP contribution >= 0.6 is 0 Å². The molecule has 0 bridgehead atoms. The van der Waals surface area contributed by atoms with Gasteiger partial charge in [-0.1, -0.05) is 12.1 Å². The predicted octanol–water partition coefficient (Wildman–Crippen LogP) is 3.29. The Morgan fingerprint density at radius 2 is 1.85 bits per heavy atom. The van der Waals surface area contributed by atoms with Gasteiger partial charge in [0.1, 0.15) is 10.6 Å². The van der Waals surface area contributed by atoms with E-state index in [1.54, 1.807) is 48.5 Å². The third kappa shape index (κ3) is 5.29. The number of hydrogen-bond donors (Lipinski definition) is 2. The second kappa shape index (κ2) is 10.1. The van der Waals surface area contributed by atoms with Gasteiger partial charge in [-0.3, -0.25) is 14.5 Å². The molecule has 178 valence electrons. The Kier molecular flexibility index (Phi) is 6.99. The van der Waals surface area contributed by atoms with Crippen molar-refractivity contribution in [2.45, 2.75) is 11.8 Å². The molecule has 0 aliphatic carbocycles. The first-order valence-corrected chi connectivity index (χ1v) is 12.2. The van der Waals surface area contributed by atoms with E-state index in [4.69, 9.17) is 9.47 Å². The van der Waals surface area contributed by atoms with E-state index < -0.39 is 10.0 Å². The fraction of sp³-hybridized carbons (Fsp3) is 0.250. The van der Waals surface area contributed by atoms with Gasteiger partial charge in [0.25, 0.3) is 15.9 Å². The molecule has 0 saturated carbocycles. The number of para-hydroxylation sites is 2.